The molecule has 0 aliphatic heterocycles. The Morgan fingerprint density at radius 1 is 1.41 bits per heavy atom. The monoisotopic (exact) mass is 239 g/mol. The summed E-state index contributed by atoms with van der Waals surface area (Å²) in [6, 6.07) is 0. The summed E-state index contributed by atoms with van der Waals surface area (Å²) in [6.45, 7) is 6.83. The number of nitrogens with zero attached hydrogens (tertiary/aromatic N) is 1. The van der Waals surface area contributed by atoms with Crippen LogP contribution in [0.5, 0.6) is 0 Å². The lowest BCUT2D eigenvalue weighted by molar-refractivity contribution is -0.148. The first-order valence-electron chi connectivity index (χ1n) is 6.24. The van der Waals surface area contributed by atoms with E-state index in [0.717, 1.165) is 12.8 Å². The zero-order valence-corrected chi connectivity index (χ0v) is 10.4. The third-order valence-electron chi connectivity index (χ3n) is 3.31. The smallest absolute Gasteiger partial charge is 0.307 e. The van der Waals surface area contributed by atoms with E-state index in [1.807, 2.05) is 6.92 Å². The van der Waals surface area contributed by atoms with Crippen LogP contribution in [0.4, 0.5) is 0 Å². The largest absolute Gasteiger partial charge is 0.481 e. The fraction of sp³-hybridized carbons (Fsp3) is 0.692. The number of hydrogen-bond donors (Lipinski definition) is 1. The van der Waals surface area contributed by atoms with Gasteiger partial charge in [0.05, 0.1) is 11.8 Å². The van der Waals surface area contributed by atoms with E-state index in [1.54, 1.807) is 11.0 Å². The molecule has 1 fully saturated rings. The van der Waals surface area contributed by atoms with Gasteiger partial charge in [0.2, 0.25) is 5.91 Å². The van der Waals surface area contributed by atoms with Crippen LogP contribution in [0, 0.1) is 11.8 Å². The maximum Gasteiger partial charge on any atom is 0.307 e. The summed E-state index contributed by atoms with van der Waals surface area (Å²) in [5.74, 6) is -1.68. The summed E-state index contributed by atoms with van der Waals surface area (Å²) in [6.07, 6.45) is 4.73. The number of rotatable bonds is 6. The fourth-order valence-corrected chi connectivity index (χ4v) is 2.50. The highest BCUT2D eigenvalue weighted by molar-refractivity contribution is 5.85. The van der Waals surface area contributed by atoms with Gasteiger partial charge in [0.1, 0.15) is 0 Å². The van der Waals surface area contributed by atoms with E-state index >= 15 is 0 Å². The molecule has 17 heavy (non-hydrogen) atoms. The molecule has 1 rings (SSSR count). The van der Waals surface area contributed by atoms with Crippen molar-refractivity contribution < 1.29 is 14.7 Å². The van der Waals surface area contributed by atoms with Crippen molar-refractivity contribution in [1.82, 2.24) is 4.90 Å². The molecule has 4 heteroatoms. The highest BCUT2D eigenvalue weighted by Crippen LogP contribution is 2.33. The Labute approximate surface area is 102 Å². The molecule has 1 amide bonds. The van der Waals surface area contributed by atoms with Crippen molar-refractivity contribution >= 4 is 11.9 Å². The van der Waals surface area contributed by atoms with Crippen molar-refractivity contribution in [2.75, 3.05) is 13.1 Å². The molecule has 0 aromatic rings. The lowest BCUT2D eigenvalue weighted by Crippen LogP contribution is -2.39. The van der Waals surface area contributed by atoms with Gasteiger partial charge >= 0.3 is 5.97 Å². The van der Waals surface area contributed by atoms with Gasteiger partial charge < -0.3 is 10.0 Å². The SMILES string of the molecule is C=CCN(CCC)C(=O)[C@@H]1CCC[C@@H]1C(=O)O. The van der Waals surface area contributed by atoms with Gasteiger partial charge in [-0.15, -0.1) is 6.58 Å². The molecule has 0 aromatic heterocycles. The second-order valence-electron chi connectivity index (χ2n) is 4.56. The molecule has 1 saturated carbocycles. The van der Waals surface area contributed by atoms with Crippen LogP contribution in [0.25, 0.3) is 0 Å². The number of hydrogen-bond acceptors (Lipinski definition) is 2. The average molecular weight is 239 g/mol. The molecular weight excluding hydrogens is 218 g/mol. The molecule has 0 spiro atoms. The van der Waals surface area contributed by atoms with Crippen molar-refractivity contribution in [2.45, 2.75) is 32.6 Å². The van der Waals surface area contributed by atoms with Crippen molar-refractivity contribution in [3.63, 3.8) is 0 Å². The van der Waals surface area contributed by atoms with Gasteiger partial charge in [0.15, 0.2) is 0 Å². The van der Waals surface area contributed by atoms with Crippen molar-refractivity contribution in [1.29, 1.82) is 0 Å². The molecule has 0 radical (unpaired) electrons. The van der Waals surface area contributed by atoms with E-state index < -0.39 is 11.9 Å². The Hall–Kier alpha value is -1.32. The van der Waals surface area contributed by atoms with E-state index in [2.05, 4.69) is 6.58 Å². The van der Waals surface area contributed by atoms with Gasteiger partial charge in [-0.1, -0.05) is 19.4 Å². The summed E-state index contributed by atoms with van der Waals surface area (Å²) in [5.41, 5.74) is 0. The fourth-order valence-electron chi connectivity index (χ4n) is 2.50. The molecular formula is C13H21NO3. The number of carbonyl (C=O) groups excluding carboxylic acids is 1. The quantitative estimate of drug-likeness (QED) is 0.720. The lowest BCUT2D eigenvalue weighted by atomic mass is 9.94. The zero-order valence-electron chi connectivity index (χ0n) is 10.4. The van der Waals surface area contributed by atoms with Crippen molar-refractivity contribution in [3.8, 4) is 0 Å². The summed E-state index contributed by atoms with van der Waals surface area (Å²) >= 11 is 0. The van der Waals surface area contributed by atoms with Crippen molar-refractivity contribution in [3.05, 3.63) is 12.7 Å². The minimum Gasteiger partial charge on any atom is -0.481 e. The number of amides is 1. The summed E-state index contributed by atoms with van der Waals surface area (Å²) in [5, 5.41) is 9.08. The van der Waals surface area contributed by atoms with Gasteiger partial charge in [0, 0.05) is 13.1 Å². The van der Waals surface area contributed by atoms with Crippen molar-refractivity contribution in [2.24, 2.45) is 11.8 Å². The van der Waals surface area contributed by atoms with Gasteiger partial charge in [-0.2, -0.15) is 0 Å². The van der Waals surface area contributed by atoms with Crippen LogP contribution in [-0.2, 0) is 9.59 Å². The van der Waals surface area contributed by atoms with Gasteiger partial charge in [-0.3, -0.25) is 9.59 Å². The van der Waals surface area contributed by atoms with Crippen LogP contribution in [0.1, 0.15) is 32.6 Å². The maximum atomic E-state index is 12.3. The van der Waals surface area contributed by atoms with Gasteiger partial charge in [0.25, 0.3) is 0 Å². The molecule has 1 N–H and O–H groups in total. The molecule has 0 unspecified atom stereocenters. The molecule has 96 valence electrons. The Morgan fingerprint density at radius 2 is 2.06 bits per heavy atom. The van der Waals surface area contributed by atoms with E-state index in [0.29, 0.717) is 25.9 Å². The van der Waals surface area contributed by atoms with Crippen LogP contribution in [-0.4, -0.2) is 35.0 Å². The average Bonchev–Trinajstić information content (AvgIpc) is 2.76. The lowest BCUT2D eigenvalue weighted by Gasteiger charge is -2.25. The molecule has 0 bridgehead atoms. The summed E-state index contributed by atoms with van der Waals surface area (Å²) < 4.78 is 0. The number of carboxylic acid groups (broad SMARTS) is 1. The number of aliphatic carboxylic acids is 1. The van der Waals surface area contributed by atoms with E-state index in [1.165, 1.54) is 0 Å². The molecule has 0 heterocycles. The topological polar surface area (TPSA) is 57.6 Å². The third kappa shape index (κ3) is 3.32. The second-order valence-corrected chi connectivity index (χ2v) is 4.56. The molecule has 4 nitrogen and oxygen atoms in total. The molecule has 1 aliphatic rings. The first kappa shape index (κ1) is 13.7. The first-order valence-corrected chi connectivity index (χ1v) is 6.24. The number of carboxylic acids is 1. The van der Waals surface area contributed by atoms with Gasteiger partial charge in [-0.25, -0.2) is 0 Å². The van der Waals surface area contributed by atoms with E-state index in [9.17, 15) is 9.59 Å². The predicted molar refractivity (Wildman–Crippen MR) is 65.5 cm³/mol. The highest BCUT2D eigenvalue weighted by atomic mass is 16.4. The molecule has 0 saturated heterocycles. The second kappa shape index (κ2) is 6.42. The zero-order chi connectivity index (χ0) is 12.8. The van der Waals surface area contributed by atoms with Crippen LogP contribution in [0.3, 0.4) is 0 Å². The predicted octanol–water partition coefficient (Wildman–Crippen LogP) is 1.91. The Morgan fingerprint density at radius 3 is 2.59 bits per heavy atom. The van der Waals surface area contributed by atoms with Crippen LogP contribution in [0.15, 0.2) is 12.7 Å². The van der Waals surface area contributed by atoms with Crippen LogP contribution in [0.2, 0.25) is 0 Å². The Kier molecular flexibility index (Phi) is 5.19. The maximum absolute atomic E-state index is 12.3. The first-order chi connectivity index (χ1) is 8.11. The standard InChI is InChI=1S/C13H21NO3/c1-3-8-14(9-4-2)12(15)10-6-5-7-11(10)13(16)17/h3,10-11H,1,4-9H2,2H3,(H,16,17)/t10-,11+/m1/s1. The van der Waals surface area contributed by atoms with Gasteiger partial charge in [-0.05, 0) is 19.3 Å². The highest BCUT2D eigenvalue weighted by Gasteiger charge is 2.39. The Bertz CT molecular complexity index is 301. The van der Waals surface area contributed by atoms with Crippen LogP contribution < -0.4 is 0 Å². The number of carbonyl (C=O) groups is 2. The Balaban J connectivity index is 2.71. The molecule has 0 aromatic carbocycles. The molecule has 2 atom stereocenters. The minimum absolute atomic E-state index is 0.0170. The van der Waals surface area contributed by atoms with Crippen LogP contribution >= 0.6 is 0 Å². The summed E-state index contributed by atoms with van der Waals surface area (Å²) in [4.78, 5) is 25.0. The minimum atomic E-state index is -0.837. The summed E-state index contributed by atoms with van der Waals surface area (Å²) in [7, 11) is 0. The third-order valence-corrected chi connectivity index (χ3v) is 3.31. The molecule has 1 aliphatic carbocycles. The normalized spacial score (nSPS) is 23.4. The van der Waals surface area contributed by atoms with E-state index in [4.69, 9.17) is 5.11 Å². The van der Waals surface area contributed by atoms with E-state index in [-0.39, 0.29) is 11.8 Å².